The van der Waals surface area contributed by atoms with E-state index < -0.39 is 0 Å². The van der Waals surface area contributed by atoms with Crippen LogP contribution in [0.5, 0.6) is 5.19 Å². The van der Waals surface area contributed by atoms with Gasteiger partial charge in [-0.25, -0.2) is 4.98 Å². The maximum Gasteiger partial charge on any atom is 0.276 e. The monoisotopic (exact) mass is 472 g/mol. The molecule has 1 aliphatic rings. The number of fused-ring (bicyclic) bond motifs is 2. The van der Waals surface area contributed by atoms with E-state index in [1.807, 2.05) is 18.6 Å². The third-order valence-electron chi connectivity index (χ3n) is 5.56. The van der Waals surface area contributed by atoms with Crippen molar-refractivity contribution in [1.29, 1.82) is 0 Å². The normalized spacial score (nSPS) is 19.0. The van der Waals surface area contributed by atoms with Crippen LogP contribution in [0, 0.1) is 0 Å². The van der Waals surface area contributed by atoms with E-state index in [0.29, 0.717) is 6.04 Å². The van der Waals surface area contributed by atoms with Crippen molar-refractivity contribution in [3.05, 3.63) is 36.8 Å². The van der Waals surface area contributed by atoms with E-state index in [-0.39, 0.29) is 18.5 Å². The first-order valence-electron chi connectivity index (χ1n) is 10.0. The van der Waals surface area contributed by atoms with Crippen LogP contribution >= 0.6 is 35.1 Å². The van der Waals surface area contributed by atoms with Gasteiger partial charge in [-0.2, -0.15) is 10.1 Å². The summed E-state index contributed by atoms with van der Waals surface area (Å²) in [5.41, 5.74) is 4.39. The molecular formula is C21H21ClN6OS2. The number of halogens is 1. The number of rotatable bonds is 4. The lowest BCUT2D eigenvalue weighted by molar-refractivity contribution is 0.144. The van der Waals surface area contributed by atoms with Crippen LogP contribution in [-0.4, -0.2) is 43.8 Å². The van der Waals surface area contributed by atoms with Gasteiger partial charge in [-0.05, 0) is 44.0 Å². The Kier molecular flexibility index (Phi) is 5.43. The van der Waals surface area contributed by atoms with Crippen molar-refractivity contribution < 1.29 is 4.74 Å². The second kappa shape index (κ2) is 8.23. The average molecular weight is 473 g/mol. The number of benzene rings is 1. The van der Waals surface area contributed by atoms with Crippen molar-refractivity contribution in [3.63, 3.8) is 0 Å². The largest absolute Gasteiger partial charge is 0.467 e. The third-order valence-corrected chi connectivity index (χ3v) is 7.51. The summed E-state index contributed by atoms with van der Waals surface area (Å²) in [5.74, 6) is 0. The number of piperidine rings is 1. The molecule has 1 fully saturated rings. The molecule has 0 saturated carbocycles. The molecule has 31 heavy (non-hydrogen) atoms. The van der Waals surface area contributed by atoms with Gasteiger partial charge in [0.05, 0.1) is 11.7 Å². The van der Waals surface area contributed by atoms with Gasteiger partial charge in [0.25, 0.3) is 5.19 Å². The molecule has 0 bridgehead atoms. The van der Waals surface area contributed by atoms with E-state index in [1.54, 1.807) is 11.3 Å². The highest BCUT2D eigenvalue weighted by molar-refractivity contribution is 7.28. The minimum Gasteiger partial charge on any atom is -0.467 e. The third kappa shape index (κ3) is 3.71. The van der Waals surface area contributed by atoms with Crippen LogP contribution in [0.1, 0.15) is 19.8 Å². The lowest BCUT2D eigenvalue weighted by Crippen LogP contribution is -2.40. The molecule has 3 N–H and O–H groups in total. The fourth-order valence-electron chi connectivity index (χ4n) is 4.11. The van der Waals surface area contributed by atoms with E-state index in [4.69, 9.17) is 14.7 Å². The van der Waals surface area contributed by atoms with Crippen LogP contribution in [0.3, 0.4) is 0 Å². The summed E-state index contributed by atoms with van der Waals surface area (Å²) in [5, 5.41) is 13.3. The van der Waals surface area contributed by atoms with Crippen LogP contribution in [0.15, 0.2) is 36.8 Å². The molecule has 6 rings (SSSR count). The summed E-state index contributed by atoms with van der Waals surface area (Å²) < 4.78 is 6.15. The highest BCUT2D eigenvalue weighted by atomic mass is 35.5. The fourth-order valence-corrected chi connectivity index (χ4v) is 6.09. The van der Waals surface area contributed by atoms with Crippen molar-refractivity contribution in [2.24, 2.45) is 0 Å². The summed E-state index contributed by atoms with van der Waals surface area (Å²) in [6, 6.07) is 6.84. The molecule has 5 heterocycles. The molecule has 0 spiro atoms. The van der Waals surface area contributed by atoms with Gasteiger partial charge in [-0.3, -0.25) is 5.10 Å². The lowest BCUT2D eigenvalue weighted by atomic mass is 10.0. The molecule has 0 unspecified atom stereocenters. The Hall–Kier alpha value is -2.46. The zero-order valence-electron chi connectivity index (χ0n) is 16.7. The van der Waals surface area contributed by atoms with Crippen LogP contribution in [0.2, 0.25) is 0 Å². The lowest BCUT2D eigenvalue weighted by Gasteiger charge is -2.27. The van der Waals surface area contributed by atoms with Crippen molar-refractivity contribution in [3.8, 4) is 26.9 Å². The Morgan fingerprint density at radius 1 is 1.10 bits per heavy atom. The summed E-state index contributed by atoms with van der Waals surface area (Å²) in [6.07, 6.45) is 7.99. The minimum atomic E-state index is 0. The smallest absolute Gasteiger partial charge is 0.276 e. The molecule has 7 nitrogen and oxygen atoms in total. The molecule has 2 atom stereocenters. The summed E-state index contributed by atoms with van der Waals surface area (Å²) in [6.45, 7) is 3.19. The van der Waals surface area contributed by atoms with Crippen LogP contribution in [0.25, 0.3) is 42.3 Å². The number of nitrogens with one attached hydrogen (secondary N) is 3. The number of aromatic amines is 2. The number of hydrogen-bond acceptors (Lipinski definition) is 7. The molecule has 0 radical (unpaired) electrons. The van der Waals surface area contributed by atoms with Crippen LogP contribution < -0.4 is 10.1 Å². The van der Waals surface area contributed by atoms with Crippen molar-refractivity contribution in [2.75, 3.05) is 6.54 Å². The Labute approximate surface area is 192 Å². The molecule has 5 aromatic rings. The van der Waals surface area contributed by atoms with Crippen LogP contribution in [-0.2, 0) is 0 Å². The minimum absolute atomic E-state index is 0. The summed E-state index contributed by atoms with van der Waals surface area (Å²) in [4.78, 5) is 14.8. The van der Waals surface area contributed by atoms with Crippen molar-refractivity contribution >= 4 is 55.6 Å². The molecule has 160 valence electrons. The Bertz CT molecular complexity index is 1290. The summed E-state index contributed by atoms with van der Waals surface area (Å²) >= 11 is 3.15. The van der Waals surface area contributed by atoms with E-state index in [2.05, 4.69) is 45.6 Å². The maximum absolute atomic E-state index is 6.15. The molecular weight excluding hydrogens is 452 g/mol. The zero-order valence-corrected chi connectivity index (χ0v) is 19.2. The number of nitrogens with zero attached hydrogens (tertiary/aromatic N) is 3. The summed E-state index contributed by atoms with van der Waals surface area (Å²) in [7, 11) is 0. The number of H-pyrrole nitrogens is 2. The topological polar surface area (TPSA) is 91.5 Å². The highest BCUT2D eigenvalue weighted by Gasteiger charge is 2.22. The van der Waals surface area contributed by atoms with Gasteiger partial charge < -0.3 is 15.0 Å². The Balaban J connectivity index is 0.00000204. The van der Waals surface area contributed by atoms with Crippen molar-refractivity contribution in [1.82, 2.24) is 30.5 Å². The first-order chi connectivity index (χ1) is 14.7. The predicted octanol–water partition coefficient (Wildman–Crippen LogP) is 5.23. The first kappa shape index (κ1) is 20.4. The van der Waals surface area contributed by atoms with Crippen LogP contribution in [0.4, 0.5) is 0 Å². The number of hydrogen-bond donors (Lipinski definition) is 3. The van der Waals surface area contributed by atoms with Gasteiger partial charge in [-0.15, -0.1) is 12.4 Å². The molecule has 1 aliphatic heterocycles. The molecule has 0 amide bonds. The zero-order chi connectivity index (χ0) is 20.1. The van der Waals surface area contributed by atoms with Gasteiger partial charge in [-0.1, -0.05) is 28.7 Å². The molecule has 1 saturated heterocycles. The first-order valence-corrected chi connectivity index (χ1v) is 11.6. The predicted molar refractivity (Wildman–Crippen MR) is 129 cm³/mol. The van der Waals surface area contributed by atoms with E-state index in [9.17, 15) is 0 Å². The highest BCUT2D eigenvalue weighted by Crippen LogP contribution is 2.40. The quantitative estimate of drug-likeness (QED) is 0.333. The molecule has 10 heteroatoms. The standard InChI is InChI=1S/C21H20N6OS2.ClH/c1-11-8-13(4-6-22-11)28-21-27-20-19(30-21)26-18(29-20)16-3-2-14(12-9-24-25-10-12)15-5-7-23-17(15)16;/h2-3,5,7,9-11,13,22-23H,4,6,8H2,1H3,(H,24,25);1H/t11-,13+;/m1./s1. The van der Waals surface area contributed by atoms with Gasteiger partial charge in [0.2, 0.25) is 0 Å². The Morgan fingerprint density at radius 2 is 1.97 bits per heavy atom. The van der Waals surface area contributed by atoms with Gasteiger partial charge in [0.15, 0.2) is 9.66 Å². The average Bonchev–Trinajstić information content (AvgIpc) is 3.50. The SMILES string of the molecule is C[C@@H]1C[C@@H](Oc2nc3sc(-c4ccc(-c5cn[nH]c5)c5cc[nH]c45)nc3s2)CCN1.Cl. The van der Waals surface area contributed by atoms with E-state index in [0.717, 1.165) is 66.8 Å². The second-order valence-corrected chi connectivity index (χ2v) is 9.56. The molecule has 0 aliphatic carbocycles. The van der Waals surface area contributed by atoms with E-state index >= 15 is 0 Å². The molecule has 1 aromatic carbocycles. The number of thiazole rings is 2. The van der Waals surface area contributed by atoms with Crippen molar-refractivity contribution in [2.45, 2.75) is 31.9 Å². The number of aromatic nitrogens is 5. The number of ether oxygens (including phenoxy) is 1. The Morgan fingerprint density at radius 3 is 2.77 bits per heavy atom. The maximum atomic E-state index is 6.15. The van der Waals surface area contributed by atoms with Gasteiger partial charge in [0.1, 0.15) is 11.1 Å². The van der Waals surface area contributed by atoms with E-state index in [1.165, 1.54) is 11.3 Å². The van der Waals surface area contributed by atoms with Gasteiger partial charge >= 0.3 is 0 Å². The second-order valence-electron chi connectivity index (χ2n) is 7.64. The molecule has 4 aromatic heterocycles. The van der Waals surface area contributed by atoms with Gasteiger partial charge in [0, 0.05) is 34.9 Å². The fraction of sp³-hybridized carbons (Fsp3) is 0.286.